The van der Waals surface area contributed by atoms with Crippen molar-refractivity contribution in [1.29, 1.82) is 0 Å². The summed E-state index contributed by atoms with van der Waals surface area (Å²) in [4.78, 5) is 4.34. The zero-order valence-electron chi connectivity index (χ0n) is 11.8. The van der Waals surface area contributed by atoms with E-state index in [9.17, 15) is 0 Å². The van der Waals surface area contributed by atoms with Crippen LogP contribution in [0.1, 0.15) is 45.0 Å². The first kappa shape index (κ1) is 14.4. The first-order chi connectivity index (χ1) is 9.20. The molecule has 0 amide bonds. The van der Waals surface area contributed by atoms with E-state index in [1.54, 1.807) is 0 Å². The van der Waals surface area contributed by atoms with Crippen molar-refractivity contribution in [1.82, 2.24) is 10.1 Å². The highest BCUT2D eigenvalue weighted by Gasteiger charge is 2.23. The molecule has 2 rings (SSSR count). The molecule has 6 heteroatoms. The molecule has 1 fully saturated rings. The quantitative estimate of drug-likeness (QED) is 0.756. The van der Waals surface area contributed by atoms with Gasteiger partial charge in [0.1, 0.15) is 12.7 Å². The van der Waals surface area contributed by atoms with Crippen molar-refractivity contribution >= 4 is 0 Å². The van der Waals surface area contributed by atoms with Gasteiger partial charge < -0.3 is 18.7 Å². The number of nitrogens with zero attached hydrogens (tertiary/aromatic N) is 2. The standard InChI is InChI=1S/C13H22N2O4/c1-4-17-12(9(2)3)13-14-11(19-15-13)8-18-10-5-6-16-7-10/h9-10,12H,4-8H2,1-3H3/t10-,12?/m0/s1. The van der Waals surface area contributed by atoms with Crippen LogP contribution >= 0.6 is 0 Å². The Kier molecular flexibility index (Phi) is 5.30. The first-order valence-corrected chi connectivity index (χ1v) is 6.84. The Bertz CT molecular complexity index is 374. The van der Waals surface area contributed by atoms with Gasteiger partial charge in [-0.1, -0.05) is 19.0 Å². The summed E-state index contributed by atoms with van der Waals surface area (Å²) in [6, 6.07) is 0. The molecule has 0 bridgehead atoms. The lowest BCUT2D eigenvalue weighted by Crippen LogP contribution is -2.13. The van der Waals surface area contributed by atoms with Gasteiger partial charge in [0.2, 0.25) is 5.82 Å². The van der Waals surface area contributed by atoms with Crippen LogP contribution in [0.2, 0.25) is 0 Å². The van der Waals surface area contributed by atoms with Crippen LogP contribution < -0.4 is 0 Å². The van der Waals surface area contributed by atoms with Gasteiger partial charge in [0, 0.05) is 13.2 Å². The van der Waals surface area contributed by atoms with Crippen molar-refractivity contribution < 1.29 is 18.7 Å². The first-order valence-electron chi connectivity index (χ1n) is 6.84. The van der Waals surface area contributed by atoms with Crippen LogP contribution in [0.4, 0.5) is 0 Å². The normalized spacial score (nSPS) is 21.2. The summed E-state index contributed by atoms with van der Waals surface area (Å²) in [7, 11) is 0. The summed E-state index contributed by atoms with van der Waals surface area (Å²) in [5.41, 5.74) is 0. The Morgan fingerprint density at radius 2 is 2.26 bits per heavy atom. The van der Waals surface area contributed by atoms with E-state index in [1.807, 2.05) is 6.92 Å². The molecule has 0 aliphatic carbocycles. The van der Waals surface area contributed by atoms with Gasteiger partial charge in [-0.05, 0) is 19.3 Å². The largest absolute Gasteiger partial charge is 0.379 e. The van der Waals surface area contributed by atoms with Gasteiger partial charge in [0.15, 0.2) is 0 Å². The molecule has 1 aliphatic heterocycles. The van der Waals surface area contributed by atoms with E-state index >= 15 is 0 Å². The minimum Gasteiger partial charge on any atom is -0.379 e. The molecule has 1 aromatic rings. The molecule has 1 aliphatic rings. The minimum absolute atomic E-state index is 0.127. The lowest BCUT2D eigenvalue weighted by atomic mass is 10.1. The molecule has 0 spiro atoms. The molecule has 2 heterocycles. The predicted molar refractivity (Wildman–Crippen MR) is 67.5 cm³/mol. The van der Waals surface area contributed by atoms with Crippen molar-refractivity contribution in [2.45, 2.75) is 46.0 Å². The summed E-state index contributed by atoms with van der Waals surface area (Å²) >= 11 is 0. The lowest BCUT2D eigenvalue weighted by molar-refractivity contribution is 0.0190. The number of hydrogen-bond donors (Lipinski definition) is 0. The Hall–Kier alpha value is -0.980. The summed E-state index contributed by atoms with van der Waals surface area (Å²) in [6.07, 6.45) is 0.939. The molecule has 19 heavy (non-hydrogen) atoms. The SMILES string of the molecule is CCOC(c1noc(CO[C@H]2CCOC2)n1)C(C)C. The van der Waals surface area contributed by atoms with Gasteiger partial charge in [-0.2, -0.15) is 4.98 Å². The molecule has 2 atom stereocenters. The Labute approximate surface area is 113 Å². The molecule has 0 N–H and O–H groups in total. The monoisotopic (exact) mass is 270 g/mol. The summed E-state index contributed by atoms with van der Waals surface area (Å²) in [6.45, 7) is 8.47. The van der Waals surface area contributed by atoms with E-state index < -0.39 is 0 Å². The van der Waals surface area contributed by atoms with Crippen molar-refractivity contribution in [3.63, 3.8) is 0 Å². The van der Waals surface area contributed by atoms with Crippen molar-refractivity contribution in [2.75, 3.05) is 19.8 Å². The second-order valence-corrected chi connectivity index (χ2v) is 4.96. The topological polar surface area (TPSA) is 66.6 Å². The summed E-state index contributed by atoms with van der Waals surface area (Å²) in [5.74, 6) is 1.39. The third-order valence-corrected chi connectivity index (χ3v) is 3.02. The van der Waals surface area contributed by atoms with E-state index in [0.717, 1.165) is 13.0 Å². The van der Waals surface area contributed by atoms with E-state index in [0.29, 0.717) is 37.5 Å². The second kappa shape index (κ2) is 6.98. The molecule has 108 valence electrons. The van der Waals surface area contributed by atoms with Crippen LogP contribution in [0, 0.1) is 5.92 Å². The molecular formula is C13H22N2O4. The van der Waals surface area contributed by atoms with Crippen LogP contribution in [-0.2, 0) is 20.8 Å². The molecule has 1 unspecified atom stereocenters. The fourth-order valence-electron chi connectivity index (χ4n) is 2.02. The van der Waals surface area contributed by atoms with Crippen molar-refractivity contribution in [2.24, 2.45) is 5.92 Å². The van der Waals surface area contributed by atoms with Gasteiger partial charge in [-0.15, -0.1) is 0 Å². The number of rotatable bonds is 7. The maximum Gasteiger partial charge on any atom is 0.252 e. The zero-order chi connectivity index (χ0) is 13.7. The van der Waals surface area contributed by atoms with Crippen molar-refractivity contribution in [3.05, 3.63) is 11.7 Å². The highest BCUT2D eigenvalue weighted by Crippen LogP contribution is 2.23. The van der Waals surface area contributed by atoms with E-state index in [4.69, 9.17) is 18.7 Å². The average molecular weight is 270 g/mol. The smallest absolute Gasteiger partial charge is 0.252 e. The molecule has 1 saturated heterocycles. The highest BCUT2D eigenvalue weighted by molar-refractivity contribution is 4.92. The molecule has 0 aromatic carbocycles. The van der Waals surface area contributed by atoms with Gasteiger partial charge in [-0.3, -0.25) is 0 Å². The fraction of sp³-hybridized carbons (Fsp3) is 0.846. The molecule has 6 nitrogen and oxygen atoms in total. The van der Waals surface area contributed by atoms with Gasteiger partial charge in [0.05, 0.1) is 12.7 Å². The second-order valence-electron chi connectivity index (χ2n) is 4.96. The van der Waals surface area contributed by atoms with E-state index in [2.05, 4.69) is 24.0 Å². The Balaban J connectivity index is 1.89. The van der Waals surface area contributed by atoms with Gasteiger partial charge in [-0.25, -0.2) is 0 Å². The summed E-state index contributed by atoms with van der Waals surface area (Å²) < 4.78 is 21.7. The maximum atomic E-state index is 5.64. The van der Waals surface area contributed by atoms with E-state index in [-0.39, 0.29) is 12.2 Å². The summed E-state index contributed by atoms with van der Waals surface area (Å²) in [5, 5.41) is 3.98. The van der Waals surface area contributed by atoms with Crippen LogP contribution in [0.5, 0.6) is 0 Å². The maximum absolute atomic E-state index is 5.64. The molecule has 0 radical (unpaired) electrons. The Morgan fingerprint density at radius 1 is 1.42 bits per heavy atom. The van der Waals surface area contributed by atoms with Crippen LogP contribution in [0.25, 0.3) is 0 Å². The molecular weight excluding hydrogens is 248 g/mol. The number of aromatic nitrogens is 2. The van der Waals surface area contributed by atoms with Gasteiger partial charge >= 0.3 is 0 Å². The fourth-order valence-corrected chi connectivity index (χ4v) is 2.02. The third kappa shape index (κ3) is 3.99. The minimum atomic E-state index is -0.127. The average Bonchev–Trinajstić information content (AvgIpc) is 3.04. The zero-order valence-corrected chi connectivity index (χ0v) is 11.8. The van der Waals surface area contributed by atoms with E-state index in [1.165, 1.54) is 0 Å². The van der Waals surface area contributed by atoms with Crippen molar-refractivity contribution in [3.8, 4) is 0 Å². The van der Waals surface area contributed by atoms with Crippen LogP contribution in [-0.4, -0.2) is 36.1 Å². The predicted octanol–water partition coefficient (Wildman–Crippen LogP) is 2.11. The van der Waals surface area contributed by atoms with Crippen LogP contribution in [0.15, 0.2) is 4.52 Å². The number of hydrogen-bond acceptors (Lipinski definition) is 6. The lowest BCUT2D eigenvalue weighted by Gasteiger charge is -2.16. The highest BCUT2D eigenvalue weighted by atomic mass is 16.6. The molecule has 0 saturated carbocycles. The van der Waals surface area contributed by atoms with Crippen LogP contribution in [0.3, 0.4) is 0 Å². The Morgan fingerprint density at radius 3 is 2.89 bits per heavy atom. The van der Waals surface area contributed by atoms with Gasteiger partial charge in [0.25, 0.3) is 5.89 Å². The molecule has 1 aromatic heterocycles. The number of ether oxygens (including phenoxy) is 3. The third-order valence-electron chi connectivity index (χ3n) is 3.02.